The third-order valence-corrected chi connectivity index (χ3v) is 5.24. The molecule has 4 rings (SSSR count). The van der Waals surface area contributed by atoms with Crippen LogP contribution >= 0.6 is 0 Å². The van der Waals surface area contributed by atoms with Crippen LogP contribution in [-0.2, 0) is 4.79 Å². The van der Waals surface area contributed by atoms with Crippen molar-refractivity contribution >= 4 is 28.3 Å². The van der Waals surface area contributed by atoms with E-state index in [-0.39, 0.29) is 5.91 Å². The lowest BCUT2D eigenvalue weighted by Crippen LogP contribution is -2.10. The van der Waals surface area contributed by atoms with Gasteiger partial charge in [-0.25, -0.2) is 4.98 Å². The maximum absolute atomic E-state index is 12.6. The first-order chi connectivity index (χ1) is 15.0. The highest BCUT2D eigenvalue weighted by atomic mass is 16.5. The molecule has 31 heavy (non-hydrogen) atoms. The van der Waals surface area contributed by atoms with E-state index < -0.39 is 0 Å². The summed E-state index contributed by atoms with van der Waals surface area (Å²) in [6, 6.07) is 17.6. The largest absolute Gasteiger partial charge is 0.496 e. The fourth-order valence-corrected chi connectivity index (χ4v) is 3.76. The molecule has 0 aliphatic rings. The second-order valence-electron chi connectivity index (χ2n) is 7.46. The van der Waals surface area contributed by atoms with Gasteiger partial charge in [-0.1, -0.05) is 36.4 Å². The van der Waals surface area contributed by atoms with Crippen LogP contribution in [0.25, 0.3) is 27.7 Å². The fraction of sp³-hybridized carbons (Fsp3) is 0.154. The standard InChI is InChI=1S/C26H24N2O3/c1-16(13-24(29)28-23-12-8-9-17(2)27-23)20-14-21-22(19-10-6-5-7-11-19)15-31-26(21)18(3)25(20)30-4/h5-15H,1-4H3,(H,27,28,29)/b16-13+. The van der Waals surface area contributed by atoms with Gasteiger partial charge < -0.3 is 14.5 Å². The lowest BCUT2D eigenvalue weighted by Gasteiger charge is -2.13. The zero-order valence-corrected chi connectivity index (χ0v) is 18.0. The quantitative estimate of drug-likeness (QED) is 0.399. The lowest BCUT2D eigenvalue weighted by atomic mass is 9.96. The van der Waals surface area contributed by atoms with Gasteiger partial charge in [-0.2, -0.15) is 0 Å². The number of rotatable bonds is 5. The number of anilines is 1. The predicted octanol–water partition coefficient (Wildman–Crippen LogP) is 6.16. The van der Waals surface area contributed by atoms with Crippen LogP contribution in [0.4, 0.5) is 5.82 Å². The fourth-order valence-electron chi connectivity index (χ4n) is 3.76. The second-order valence-corrected chi connectivity index (χ2v) is 7.46. The first kappa shape index (κ1) is 20.4. The van der Waals surface area contributed by atoms with Crippen molar-refractivity contribution in [3.05, 3.63) is 83.8 Å². The Hall–Kier alpha value is -3.86. The predicted molar refractivity (Wildman–Crippen MR) is 124 cm³/mol. The number of nitrogens with zero attached hydrogens (tertiary/aromatic N) is 1. The molecule has 1 amide bonds. The SMILES string of the molecule is COc1c(/C(C)=C/C(=O)Nc2cccc(C)n2)cc2c(-c3ccccc3)coc2c1C. The molecule has 0 saturated carbocycles. The molecule has 0 spiro atoms. The number of hydrogen-bond acceptors (Lipinski definition) is 4. The average molecular weight is 412 g/mol. The van der Waals surface area contributed by atoms with Crippen LogP contribution in [-0.4, -0.2) is 18.0 Å². The van der Waals surface area contributed by atoms with E-state index in [0.717, 1.165) is 44.5 Å². The van der Waals surface area contributed by atoms with Gasteiger partial charge in [0.25, 0.3) is 0 Å². The summed E-state index contributed by atoms with van der Waals surface area (Å²) in [4.78, 5) is 16.9. The molecule has 0 aliphatic heterocycles. The third-order valence-electron chi connectivity index (χ3n) is 5.24. The highest BCUT2D eigenvalue weighted by molar-refractivity contribution is 6.05. The Kier molecular flexibility index (Phi) is 5.58. The molecule has 4 aromatic rings. The maximum atomic E-state index is 12.6. The Labute approximate surface area is 181 Å². The van der Waals surface area contributed by atoms with E-state index in [4.69, 9.17) is 9.15 Å². The maximum Gasteiger partial charge on any atom is 0.249 e. The Morgan fingerprint density at radius 1 is 1.10 bits per heavy atom. The summed E-state index contributed by atoms with van der Waals surface area (Å²) in [5.41, 5.74) is 6.22. The Morgan fingerprint density at radius 2 is 1.87 bits per heavy atom. The lowest BCUT2D eigenvalue weighted by molar-refractivity contribution is -0.111. The molecule has 156 valence electrons. The van der Waals surface area contributed by atoms with Crippen LogP contribution in [0.1, 0.15) is 23.7 Å². The number of aromatic nitrogens is 1. The van der Waals surface area contributed by atoms with Crippen molar-refractivity contribution in [3.8, 4) is 16.9 Å². The summed E-state index contributed by atoms with van der Waals surface area (Å²) in [5.74, 6) is 0.969. The molecule has 2 heterocycles. The van der Waals surface area contributed by atoms with Crippen molar-refractivity contribution in [2.24, 2.45) is 0 Å². The molecule has 0 radical (unpaired) electrons. The Balaban J connectivity index is 1.76. The van der Waals surface area contributed by atoms with Gasteiger partial charge >= 0.3 is 0 Å². The number of carbonyl (C=O) groups is 1. The number of pyridine rings is 1. The minimum absolute atomic E-state index is 0.245. The molecule has 0 aliphatic carbocycles. The van der Waals surface area contributed by atoms with Crippen LogP contribution in [0, 0.1) is 13.8 Å². The van der Waals surface area contributed by atoms with E-state index in [0.29, 0.717) is 11.6 Å². The molecule has 2 aromatic carbocycles. The van der Waals surface area contributed by atoms with Gasteiger partial charge in [0.05, 0.1) is 13.4 Å². The van der Waals surface area contributed by atoms with Crippen molar-refractivity contribution in [3.63, 3.8) is 0 Å². The minimum atomic E-state index is -0.245. The van der Waals surface area contributed by atoms with Crippen molar-refractivity contribution in [1.29, 1.82) is 0 Å². The summed E-state index contributed by atoms with van der Waals surface area (Å²) >= 11 is 0. The zero-order valence-electron chi connectivity index (χ0n) is 18.0. The number of carbonyl (C=O) groups excluding carboxylic acids is 1. The molecular weight excluding hydrogens is 388 g/mol. The molecule has 0 bridgehead atoms. The van der Waals surface area contributed by atoms with Gasteiger partial charge in [-0.05, 0) is 50.1 Å². The molecule has 1 N–H and O–H groups in total. The number of amides is 1. The topological polar surface area (TPSA) is 64.4 Å². The van der Waals surface area contributed by atoms with Crippen molar-refractivity contribution in [1.82, 2.24) is 4.98 Å². The first-order valence-electron chi connectivity index (χ1n) is 10.1. The molecule has 0 atom stereocenters. The second kappa shape index (κ2) is 8.48. The number of nitrogens with one attached hydrogen (secondary N) is 1. The minimum Gasteiger partial charge on any atom is -0.496 e. The highest BCUT2D eigenvalue weighted by Crippen LogP contribution is 2.40. The monoisotopic (exact) mass is 412 g/mol. The van der Waals surface area contributed by atoms with Crippen molar-refractivity contribution < 1.29 is 13.9 Å². The Bertz CT molecular complexity index is 1290. The van der Waals surface area contributed by atoms with Crippen molar-refractivity contribution in [2.75, 3.05) is 12.4 Å². The number of allylic oxidation sites excluding steroid dienone is 1. The van der Waals surface area contributed by atoms with E-state index in [2.05, 4.69) is 22.4 Å². The summed E-state index contributed by atoms with van der Waals surface area (Å²) in [7, 11) is 1.63. The van der Waals surface area contributed by atoms with Gasteiger partial charge in [-0.15, -0.1) is 0 Å². The van der Waals surface area contributed by atoms with Gasteiger partial charge in [0.2, 0.25) is 5.91 Å². The summed E-state index contributed by atoms with van der Waals surface area (Å²) < 4.78 is 11.6. The number of hydrogen-bond donors (Lipinski definition) is 1. The smallest absolute Gasteiger partial charge is 0.249 e. The zero-order chi connectivity index (χ0) is 22.0. The molecule has 0 fully saturated rings. The van der Waals surface area contributed by atoms with Gasteiger partial charge in [0.15, 0.2) is 0 Å². The number of furan rings is 1. The van der Waals surface area contributed by atoms with Crippen LogP contribution in [0.5, 0.6) is 5.75 Å². The van der Waals surface area contributed by atoms with Crippen LogP contribution in [0.2, 0.25) is 0 Å². The molecule has 5 heteroatoms. The highest BCUT2D eigenvalue weighted by Gasteiger charge is 2.18. The summed E-state index contributed by atoms with van der Waals surface area (Å²) in [5, 5.41) is 3.80. The number of ether oxygens (including phenoxy) is 1. The van der Waals surface area contributed by atoms with E-state index in [9.17, 15) is 4.79 Å². The van der Waals surface area contributed by atoms with Crippen LogP contribution in [0.15, 0.2) is 71.4 Å². The average Bonchev–Trinajstić information content (AvgIpc) is 3.18. The van der Waals surface area contributed by atoms with Gasteiger partial charge in [0, 0.05) is 33.8 Å². The van der Waals surface area contributed by atoms with Crippen molar-refractivity contribution in [2.45, 2.75) is 20.8 Å². The van der Waals surface area contributed by atoms with Crippen LogP contribution in [0.3, 0.4) is 0 Å². The Morgan fingerprint density at radius 3 is 2.58 bits per heavy atom. The van der Waals surface area contributed by atoms with Crippen LogP contribution < -0.4 is 10.1 Å². The van der Waals surface area contributed by atoms with E-state index in [1.54, 1.807) is 25.5 Å². The molecule has 2 aromatic heterocycles. The number of fused-ring (bicyclic) bond motifs is 1. The summed E-state index contributed by atoms with van der Waals surface area (Å²) in [6.45, 7) is 5.75. The summed E-state index contributed by atoms with van der Waals surface area (Å²) in [6.07, 6.45) is 3.33. The van der Waals surface area contributed by atoms with E-state index >= 15 is 0 Å². The number of aryl methyl sites for hydroxylation is 2. The van der Waals surface area contributed by atoms with E-state index in [1.807, 2.05) is 57.2 Å². The normalized spacial score (nSPS) is 11.5. The molecular formula is C26H24N2O3. The van der Waals surface area contributed by atoms with E-state index in [1.165, 1.54) is 0 Å². The molecule has 0 saturated heterocycles. The first-order valence-corrected chi connectivity index (χ1v) is 10.1. The molecule has 0 unspecified atom stereocenters. The third kappa shape index (κ3) is 4.08. The number of benzene rings is 2. The van der Waals surface area contributed by atoms with Gasteiger partial charge in [-0.3, -0.25) is 4.79 Å². The molecule has 5 nitrogen and oxygen atoms in total. The number of methoxy groups -OCH3 is 1. The van der Waals surface area contributed by atoms with Gasteiger partial charge in [0.1, 0.15) is 17.2 Å².